The number of halogens is 2. The lowest BCUT2D eigenvalue weighted by molar-refractivity contribution is -0.139. The number of hydrogen-bond donors (Lipinski definition) is 0. The number of benzene rings is 2. The van der Waals surface area contributed by atoms with Gasteiger partial charge in [-0.05, 0) is 30.2 Å². The predicted octanol–water partition coefficient (Wildman–Crippen LogP) is 3.50. The van der Waals surface area contributed by atoms with E-state index in [4.69, 9.17) is 4.74 Å². The van der Waals surface area contributed by atoms with Crippen LogP contribution in [0, 0.1) is 11.6 Å². The largest absolute Gasteiger partial charge is 0.370 e. The first-order chi connectivity index (χ1) is 11.6. The molecular weight excluding hydrogens is 312 g/mol. The zero-order valence-corrected chi connectivity index (χ0v) is 13.3. The van der Waals surface area contributed by atoms with E-state index in [9.17, 15) is 13.6 Å². The van der Waals surface area contributed by atoms with Crippen LogP contribution in [0.25, 0.3) is 0 Å². The Morgan fingerprint density at radius 2 is 2.00 bits per heavy atom. The second kappa shape index (κ2) is 7.53. The molecule has 1 aliphatic rings. The van der Waals surface area contributed by atoms with Crippen molar-refractivity contribution in [2.24, 2.45) is 0 Å². The smallest absolute Gasteiger partial charge is 0.223 e. The van der Waals surface area contributed by atoms with Gasteiger partial charge >= 0.3 is 0 Å². The third-order valence-electron chi connectivity index (χ3n) is 4.19. The molecule has 0 saturated carbocycles. The van der Waals surface area contributed by atoms with E-state index < -0.39 is 6.10 Å². The van der Waals surface area contributed by atoms with Crippen molar-refractivity contribution in [3.63, 3.8) is 0 Å². The maximum absolute atomic E-state index is 13.9. The Bertz CT molecular complexity index is 720. The fraction of sp³-hybridized carbons (Fsp3) is 0.316. The van der Waals surface area contributed by atoms with Gasteiger partial charge in [-0.15, -0.1) is 0 Å². The molecule has 1 saturated heterocycles. The van der Waals surface area contributed by atoms with Crippen LogP contribution >= 0.6 is 0 Å². The van der Waals surface area contributed by atoms with Crippen molar-refractivity contribution in [1.82, 2.24) is 4.90 Å². The minimum Gasteiger partial charge on any atom is -0.370 e. The van der Waals surface area contributed by atoms with E-state index in [1.165, 1.54) is 18.2 Å². The van der Waals surface area contributed by atoms with E-state index >= 15 is 0 Å². The number of amides is 1. The standard InChI is InChI=1S/C19H19F2NO2/c20-15-5-3-4-14(12-15)8-9-19(23)22-10-11-24-18(13-22)16-6-1-2-7-17(16)21/h1-7,12,18H,8-11,13H2. The summed E-state index contributed by atoms with van der Waals surface area (Å²) < 4.78 is 32.7. The predicted molar refractivity (Wildman–Crippen MR) is 86.4 cm³/mol. The van der Waals surface area contributed by atoms with Crippen molar-refractivity contribution in [3.8, 4) is 0 Å². The highest BCUT2D eigenvalue weighted by Gasteiger charge is 2.26. The molecule has 2 aromatic rings. The lowest BCUT2D eigenvalue weighted by Crippen LogP contribution is -2.42. The first-order valence-electron chi connectivity index (χ1n) is 8.02. The number of rotatable bonds is 4. The molecule has 1 atom stereocenters. The Hall–Kier alpha value is -2.27. The quantitative estimate of drug-likeness (QED) is 0.858. The van der Waals surface area contributed by atoms with Crippen molar-refractivity contribution < 1.29 is 18.3 Å². The lowest BCUT2D eigenvalue weighted by atomic mass is 10.1. The van der Waals surface area contributed by atoms with E-state index in [0.717, 1.165) is 5.56 Å². The van der Waals surface area contributed by atoms with Crippen LogP contribution in [0.5, 0.6) is 0 Å². The lowest BCUT2D eigenvalue weighted by Gasteiger charge is -2.33. The molecule has 0 bridgehead atoms. The molecule has 1 unspecified atom stereocenters. The zero-order valence-electron chi connectivity index (χ0n) is 13.3. The minimum absolute atomic E-state index is 0.0242. The van der Waals surface area contributed by atoms with Gasteiger partial charge in [-0.1, -0.05) is 30.3 Å². The van der Waals surface area contributed by atoms with E-state index in [0.29, 0.717) is 38.1 Å². The molecule has 5 heteroatoms. The molecule has 0 aliphatic carbocycles. The zero-order chi connectivity index (χ0) is 16.9. The molecule has 24 heavy (non-hydrogen) atoms. The second-order valence-corrected chi connectivity index (χ2v) is 5.85. The molecule has 126 valence electrons. The molecule has 3 rings (SSSR count). The Morgan fingerprint density at radius 3 is 2.79 bits per heavy atom. The number of ether oxygens (including phenoxy) is 1. The molecule has 3 nitrogen and oxygen atoms in total. The van der Waals surface area contributed by atoms with Gasteiger partial charge in [0.05, 0.1) is 13.2 Å². The van der Waals surface area contributed by atoms with Gasteiger partial charge in [-0.2, -0.15) is 0 Å². The fourth-order valence-electron chi connectivity index (χ4n) is 2.90. The minimum atomic E-state index is -0.446. The molecule has 1 heterocycles. The van der Waals surface area contributed by atoms with Crippen LogP contribution in [-0.4, -0.2) is 30.5 Å². The summed E-state index contributed by atoms with van der Waals surface area (Å²) in [5.41, 5.74) is 1.27. The van der Waals surface area contributed by atoms with E-state index in [2.05, 4.69) is 0 Å². The third kappa shape index (κ3) is 3.97. The summed E-state index contributed by atoms with van der Waals surface area (Å²) in [7, 11) is 0. The molecule has 0 N–H and O–H groups in total. The van der Waals surface area contributed by atoms with Gasteiger partial charge in [0.25, 0.3) is 0 Å². The van der Waals surface area contributed by atoms with E-state index in [1.807, 2.05) is 0 Å². The average molecular weight is 331 g/mol. The van der Waals surface area contributed by atoms with Gasteiger partial charge in [0.15, 0.2) is 0 Å². The molecule has 0 radical (unpaired) electrons. The van der Waals surface area contributed by atoms with E-state index in [-0.39, 0.29) is 17.5 Å². The molecular formula is C19H19F2NO2. The molecule has 1 aliphatic heterocycles. The number of nitrogens with zero attached hydrogens (tertiary/aromatic N) is 1. The molecule has 0 spiro atoms. The Labute approximate surface area is 139 Å². The van der Waals surface area contributed by atoms with Crippen LogP contribution in [0.1, 0.15) is 23.7 Å². The van der Waals surface area contributed by atoms with Crippen molar-refractivity contribution in [2.45, 2.75) is 18.9 Å². The van der Waals surface area contributed by atoms with Crippen LogP contribution in [0.2, 0.25) is 0 Å². The summed E-state index contributed by atoms with van der Waals surface area (Å²) in [5.74, 6) is -0.647. The molecule has 0 aromatic heterocycles. The van der Waals surface area contributed by atoms with Gasteiger partial charge in [0.1, 0.15) is 17.7 Å². The summed E-state index contributed by atoms with van der Waals surface area (Å²) in [4.78, 5) is 14.1. The number of hydrogen-bond acceptors (Lipinski definition) is 2. The highest BCUT2D eigenvalue weighted by atomic mass is 19.1. The van der Waals surface area contributed by atoms with Crippen LogP contribution < -0.4 is 0 Å². The van der Waals surface area contributed by atoms with Crippen molar-refractivity contribution in [1.29, 1.82) is 0 Å². The second-order valence-electron chi connectivity index (χ2n) is 5.85. The molecule has 1 amide bonds. The van der Waals surface area contributed by atoms with Crippen molar-refractivity contribution >= 4 is 5.91 Å². The third-order valence-corrected chi connectivity index (χ3v) is 4.19. The molecule has 1 fully saturated rings. The first-order valence-corrected chi connectivity index (χ1v) is 8.02. The maximum Gasteiger partial charge on any atom is 0.223 e. The Balaban J connectivity index is 1.60. The highest BCUT2D eigenvalue weighted by molar-refractivity contribution is 5.76. The summed E-state index contributed by atoms with van der Waals surface area (Å²) in [5, 5.41) is 0. The topological polar surface area (TPSA) is 29.5 Å². The maximum atomic E-state index is 13.9. The summed E-state index contributed by atoms with van der Waals surface area (Å²) >= 11 is 0. The van der Waals surface area contributed by atoms with Crippen LogP contribution in [0.4, 0.5) is 8.78 Å². The Kier molecular flexibility index (Phi) is 5.20. The van der Waals surface area contributed by atoms with Gasteiger partial charge in [-0.3, -0.25) is 4.79 Å². The van der Waals surface area contributed by atoms with Crippen molar-refractivity contribution in [3.05, 3.63) is 71.3 Å². The number of carbonyl (C=O) groups excluding carboxylic acids is 1. The SMILES string of the molecule is O=C(CCc1cccc(F)c1)N1CCOC(c2ccccc2F)C1. The van der Waals surface area contributed by atoms with Crippen molar-refractivity contribution in [2.75, 3.05) is 19.7 Å². The van der Waals surface area contributed by atoms with Gasteiger partial charge in [-0.25, -0.2) is 8.78 Å². The number of carbonyl (C=O) groups is 1. The highest BCUT2D eigenvalue weighted by Crippen LogP contribution is 2.25. The Morgan fingerprint density at radius 1 is 1.17 bits per heavy atom. The summed E-state index contributed by atoms with van der Waals surface area (Å²) in [6, 6.07) is 12.7. The summed E-state index contributed by atoms with van der Waals surface area (Å²) in [6.07, 6.45) is 0.337. The van der Waals surface area contributed by atoms with Gasteiger partial charge in [0, 0.05) is 18.5 Å². The van der Waals surface area contributed by atoms with Crippen LogP contribution in [0.3, 0.4) is 0 Å². The first kappa shape index (κ1) is 16.6. The summed E-state index contributed by atoms with van der Waals surface area (Å²) in [6.45, 7) is 1.21. The monoisotopic (exact) mass is 331 g/mol. The normalized spacial score (nSPS) is 17.8. The fourth-order valence-corrected chi connectivity index (χ4v) is 2.90. The number of morpholine rings is 1. The van der Waals surface area contributed by atoms with Gasteiger partial charge in [0.2, 0.25) is 5.91 Å². The van der Waals surface area contributed by atoms with Crippen LogP contribution in [0.15, 0.2) is 48.5 Å². The van der Waals surface area contributed by atoms with Gasteiger partial charge < -0.3 is 9.64 Å². The van der Waals surface area contributed by atoms with Crippen LogP contribution in [-0.2, 0) is 16.0 Å². The van der Waals surface area contributed by atoms with E-state index in [1.54, 1.807) is 35.2 Å². The number of aryl methyl sites for hydroxylation is 1. The molecule has 2 aromatic carbocycles. The average Bonchev–Trinajstić information content (AvgIpc) is 2.60.